The molecule has 1 aliphatic rings. The minimum atomic E-state index is -0.387. The van der Waals surface area contributed by atoms with Gasteiger partial charge in [-0.3, -0.25) is 10.1 Å². The molecule has 0 spiro atoms. The number of halogens is 1. The maximum atomic E-state index is 10.9. The second kappa shape index (κ2) is 5.22. The van der Waals surface area contributed by atoms with Crippen LogP contribution in [0.3, 0.4) is 0 Å². The number of hydrogen-bond donors (Lipinski definition) is 1. The molecule has 1 aliphatic heterocycles. The third-order valence-corrected chi connectivity index (χ3v) is 3.24. The maximum absolute atomic E-state index is 10.9. The van der Waals surface area contributed by atoms with Gasteiger partial charge in [-0.05, 0) is 12.1 Å². The first-order valence-corrected chi connectivity index (χ1v) is 6.09. The Kier molecular flexibility index (Phi) is 3.85. The Morgan fingerprint density at radius 2 is 2.28 bits per heavy atom. The number of nitro benzene ring substituents is 1. The van der Waals surface area contributed by atoms with Crippen molar-refractivity contribution in [2.75, 3.05) is 19.8 Å². The smallest absolute Gasteiger partial charge is 0.273 e. The van der Waals surface area contributed by atoms with Crippen LogP contribution in [-0.4, -0.2) is 24.7 Å². The average Bonchev–Trinajstić information content (AvgIpc) is 2.26. The van der Waals surface area contributed by atoms with Gasteiger partial charge < -0.3 is 10.1 Å². The first kappa shape index (κ1) is 13.3. The minimum Gasteiger partial charge on any atom is -0.380 e. The topological polar surface area (TPSA) is 64.4 Å². The first-order valence-electron chi connectivity index (χ1n) is 5.71. The summed E-state index contributed by atoms with van der Waals surface area (Å²) in [6.07, 6.45) is 0. The van der Waals surface area contributed by atoms with E-state index < -0.39 is 0 Å². The molecule has 1 heterocycles. The number of nitrogens with one attached hydrogen (secondary N) is 1. The summed E-state index contributed by atoms with van der Waals surface area (Å²) in [6, 6.07) is 4.60. The number of ether oxygens (including phenoxy) is 1. The Balaban J connectivity index is 1.99. The Labute approximate surface area is 110 Å². The highest BCUT2D eigenvalue weighted by molar-refractivity contribution is 6.30. The van der Waals surface area contributed by atoms with Gasteiger partial charge in [0.25, 0.3) is 5.69 Å². The number of nitro groups is 1. The Hall–Kier alpha value is -1.17. The number of hydrogen-bond acceptors (Lipinski definition) is 4. The van der Waals surface area contributed by atoms with Gasteiger partial charge in [-0.2, -0.15) is 0 Å². The summed E-state index contributed by atoms with van der Waals surface area (Å²) in [5.41, 5.74) is 0.853. The predicted octanol–water partition coefficient (Wildman–Crippen LogP) is 2.37. The lowest BCUT2D eigenvalue weighted by Gasteiger charge is -2.38. The van der Waals surface area contributed by atoms with Crippen LogP contribution in [-0.2, 0) is 11.3 Å². The molecule has 6 heteroatoms. The Morgan fingerprint density at radius 3 is 2.83 bits per heavy atom. The van der Waals surface area contributed by atoms with E-state index in [-0.39, 0.29) is 16.0 Å². The predicted molar refractivity (Wildman–Crippen MR) is 68.7 cm³/mol. The molecule has 1 fully saturated rings. The summed E-state index contributed by atoms with van der Waals surface area (Å²) < 4.78 is 5.15. The van der Waals surface area contributed by atoms with E-state index in [0.29, 0.717) is 17.1 Å². The van der Waals surface area contributed by atoms with Gasteiger partial charge in [0.15, 0.2) is 0 Å². The van der Waals surface area contributed by atoms with Crippen LogP contribution < -0.4 is 5.32 Å². The summed E-state index contributed by atoms with van der Waals surface area (Å²) in [7, 11) is 0. The van der Waals surface area contributed by atoms with Crippen molar-refractivity contribution in [2.24, 2.45) is 5.41 Å². The van der Waals surface area contributed by atoms with Crippen molar-refractivity contribution in [3.63, 3.8) is 0 Å². The molecule has 0 aromatic heterocycles. The van der Waals surface area contributed by atoms with Crippen LogP contribution in [0.4, 0.5) is 5.69 Å². The number of benzene rings is 1. The summed E-state index contributed by atoms with van der Waals surface area (Å²) in [4.78, 5) is 10.5. The molecule has 1 N–H and O–H groups in total. The lowest BCUT2D eigenvalue weighted by Crippen LogP contribution is -2.47. The van der Waals surface area contributed by atoms with Crippen molar-refractivity contribution < 1.29 is 9.66 Å². The fraction of sp³-hybridized carbons (Fsp3) is 0.500. The summed E-state index contributed by atoms with van der Waals surface area (Å²) in [5.74, 6) is 0. The molecule has 0 unspecified atom stereocenters. The van der Waals surface area contributed by atoms with E-state index in [1.807, 2.05) is 0 Å². The molecule has 0 bridgehead atoms. The monoisotopic (exact) mass is 270 g/mol. The second-order valence-electron chi connectivity index (χ2n) is 4.94. The highest BCUT2D eigenvalue weighted by atomic mass is 35.5. The molecule has 5 nitrogen and oxygen atoms in total. The van der Waals surface area contributed by atoms with Gasteiger partial charge in [-0.25, -0.2) is 0 Å². The van der Waals surface area contributed by atoms with Gasteiger partial charge in [-0.1, -0.05) is 18.5 Å². The van der Waals surface area contributed by atoms with Gasteiger partial charge in [0.2, 0.25) is 0 Å². The van der Waals surface area contributed by atoms with Crippen LogP contribution >= 0.6 is 11.6 Å². The third kappa shape index (κ3) is 2.98. The molecule has 2 rings (SSSR count). The lowest BCUT2D eigenvalue weighted by atomic mass is 9.89. The number of nitrogens with zero attached hydrogens (tertiary/aromatic N) is 1. The van der Waals surface area contributed by atoms with Crippen LogP contribution in [0, 0.1) is 15.5 Å². The molecule has 1 saturated heterocycles. The number of rotatable bonds is 5. The van der Waals surface area contributed by atoms with Gasteiger partial charge in [-0.15, -0.1) is 0 Å². The Bertz CT molecular complexity index is 461. The molecule has 18 heavy (non-hydrogen) atoms. The fourth-order valence-corrected chi connectivity index (χ4v) is 2.12. The Morgan fingerprint density at radius 1 is 1.56 bits per heavy atom. The molecule has 0 saturated carbocycles. The summed E-state index contributed by atoms with van der Waals surface area (Å²) in [5, 5.41) is 14.6. The van der Waals surface area contributed by atoms with Crippen molar-refractivity contribution in [3.05, 3.63) is 38.9 Å². The van der Waals surface area contributed by atoms with E-state index in [0.717, 1.165) is 19.8 Å². The standard InChI is InChI=1S/C12H15ClN2O3/c1-12(7-18-8-12)6-14-5-9-4-10(13)2-3-11(9)15(16)17/h2-4,14H,5-8H2,1H3. The van der Waals surface area contributed by atoms with Crippen LogP contribution in [0.15, 0.2) is 18.2 Å². The highest BCUT2D eigenvalue weighted by Gasteiger charge is 2.32. The van der Waals surface area contributed by atoms with E-state index in [9.17, 15) is 10.1 Å². The van der Waals surface area contributed by atoms with Crippen molar-refractivity contribution in [1.29, 1.82) is 0 Å². The molecule has 0 aliphatic carbocycles. The zero-order valence-electron chi connectivity index (χ0n) is 10.1. The zero-order chi connectivity index (χ0) is 13.2. The highest BCUT2D eigenvalue weighted by Crippen LogP contribution is 2.26. The maximum Gasteiger partial charge on any atom is 0.273 e. The van der Waals surface area contributed by atoms with E-state index in [1.165, 1.54) is 12.1 Å². The van der Waals surface area contributed by atoms with E-state index >= 15 is 0 Å². The molecular formula is C12H15ClN2O3. The SMILES string of the molecule is CC1(CNCc2cc(Cl)ccc2[N+](=O)[O-])COC1. The van der Waals surface area contributed by atoms with Crippen molar-refractivity contribution >= 4 is 17.3 Å². The summed E-state index contributed by atoms with van der Waals surface area (Å²) >= 11 is 5.86. The molecule has 1 aromatic carbocycles. The average molecular weight is 271 g/mol. The van der Waals surface area contributed by atoms with E-state index in [2.05, 4.69) is 12.2 Å². The molecule has 98 valence electrons. The van der Waals surface area contributed by atoms with Gasteiger partial charge >= 0.3 is 0 Å². The van der Waals surface area contributed by atoms with Crippen LogP contribution in [0.2, 0.25) is 5.02 Å². The van der Waals surface area contributed by atoms with E-state index in [1.54, 1.807) is 6.07 Å². The molecule has 0 amide bonds. The largest absolute Gasteiger partial charge is 0.380 e. The van der Waals surface area contributed by atoms with Crippen molar-refractivity contribution in [2.45, 2.75) is 13.5 Å². The van der Waals surface area contributed by atoms with Crippen molar-refractivity contribution in [3.8, 4) is 0 Å². The zero-order valence-corrected chi connectivity index (χ0v) is 10.9. The van der Waals surface area contributed by atoms with Gasteiger partial charge in [0.1, 0.15) is 0 Å². The van der Waals surface area contributed by atoms with Crippen LogP contribution in [0.1, 0.15) is 12.5 Å². The quantitative estimate of drug-likeness (QED) is 0.659. The molecule has 0 radical (unpaired) electrons. The normalized spacial score (nSPS) is 17.2. The first-order chi connectivity index (χ1) is 8.50. The third-order valence-electron chi connectivity index (χ3n) is 3.01. The van der Waals surface area contributed by atoms with Gasteiger partial charge in [0.05, 0.1) is 18.1 Å². The fourth-order valence-electron chi connectivity index (χ4n) is 1.93. The van der Waals surface area contributed by atoms with Crippen molar-refractivity contribution in [1.82, 2.24) is 5.32 Å². The lowest BCUT2D eigenvalue weighted by molar-refractivity contribution is -0.385. The summed E-state index contributed by atoms with van der Waals surface area (Å²) in [6.45, 7) is 4.80. The second-order valence-corrected chi connectivity index (χ2v) is 5.37. The van der Waals surface area contributed by atoms with Crippen LogP contribution in [0.5, 0.6) is 0 Å². The van der Waals surface area contributed by atoms with E-state index in [4.69, 9.17) is 16.3 Å². The molecular weight excluding hydrogens is 256 g/mol. The molecule has 0 atom stereocenters. The minimum absolute atomic E-state index is 0.0990. The van der Waals surface area contributed by atoms with Crippen LogP contribution in [0.25, 0.3) is 0 Å². The van der Waals surface area contributed by atoms with Gasteiger partial charge in [0, 0.05) is 35.2 Å². The molecule has 1 aromatic rings.